The average Bonchev–Trinajstić information content (AvgIpc) is 2.82. The SMILES string of the molecule is CC(C)(C)c1cc(OCc2cccnc2)c(C(=O)O)s1. The van der Waals surface area contributed by atoms with Crippen LogP contribution in [0.5, 0.6) is 5.75 Å². The third-order valence-electron chi connectivity index (χ3n) is 2.75. The Balaban J connectivity index is 2.22. The van der Waals surface area contributed by atoms with E-state index in [0.717, 1.165) is 10.4 Å². The van der Waals surface area contributed by atoms with Crippen molar-refractivity contribution in [1.29, 1.82) is 0 Å². The lowest BCUT2D eigenvalue weighted by Crippen LogP contribution is -2.08. The number of pyridine rings is 1. The summed E-state index contributed by atoms with van der Waals surface area (Å²) in [6.07, 6.45) is 3.39. The molecule has 2 aromatic rings. The van der Waals surface area contributed by atoms with Gasteiger partial charge in [-0.05, 0) is 17.5 Å². The van der Waals surface area contributed by atoms with Gasteiger partial charge in [0, 0.05) is 22.8 Å². The van der Waals surface area contributed by atoms with Crippen LogP contribution in [-0.4, -0.2) is 16.1 Å². The molecular formula is C15H17NO3S. The zero-order valence-electron chi connectivity index (χ0n) is 11.7. The van der Waals surface area contributed by atoms with Crippen LogP contribution in [0.4, 0.5) is 0 Å². The Bertz CT molecular complexity index is 599. The van der Waals surface area contributed by atoms with Crippen molar-refractivity contribution in [3.63, 3.8) is 0 Å². The Labute approximate surface area is 122 Å². The number of ether oxygens (including phenoxy) is 1. The number of rotatable bonds is 4. The summed E-state index contributed by atoms with van der Waals surface area (Å²) in [5.41, 5.74) is 0.817. The van der Waals surface area contributed by atoms with E-state index in [-0.39, 0.29) is 10.3 Å². The van der Waals surface area contributed by atoms with Crippen LogP contribution in [0.1, 0.15) is 40.9 Å². The Kier molecular flexibility index (Phi) is 4.09. The van der Waals surface area contributed by atoms with E-state index in [0.29, 0.717) is 12.4 Å². The fourth-order valence-electron chi connectivity index (χ4n) is 1.64. The zero-order chi connectivity index (χ0) is 14.8. The lowest BCUT2D eigenvalue weighted by atomic mass is 9.95. The summed E-state index contributed by atoms with van der Waals surface area (Å²) in [6.45, 7) is 6.47. The molecule has 0 spiro atoms. The number of carboxylic acids is 1. The topological polar surface area (TPSA) is 59.4 Å². The van der Waals surface area contributed by atoms with E-state index in [2.05, 4.69) is 25.8 Å². The number of hydrogen-bond acceptors (Lipinski definition) is 4. The van der Waals surface area contributed by atoms with E-state index in [9.17, 15) is 9.90 Å². The normalized spacial score (nSPS) is 11.3. The van der Waals surface area contributed by atoms with E-state index in [1.807, 2.05) is 18.2 Å². The molecule has 2 heterocycles. The average molecular weight is 291 g/mol. The fraction of sp³-hybridized carbons (Fsp3) is 0.333. The molecule has 20 heavy (non-hydrogen) atoms. The molecule has 0 radical (unpaired) electrons. The predicted molar refractivity (Wildman–Crippen MR) is 78.5 cm³/mol. The fourth-order valence-corrected chi connectivity index (χ4v) is 2.64. The summed E-state index contributed by atoms with van der Waals surface area (Å²) in [7, 11) is 0. The molecule has 2 rings (SSSR count). The van der Waals surface area contributed by atoms with Gasteiger partial charge in [-0.1, -0.05) is 26.8 Å². The third kappa shape index (κ3) is 3.36. The minimum atomic E-state index is -0.952. The van der Waals surface area contributed by atoms with E-state index in [1.54, 1.807) is 12.4 Å². The van der Waals surface area contributed by atoms with Crippen molar-refractivity contribution >= 4 is 17.3 Å². The Hall–Kier alpha value is -1.88. The molecule has 0 fully saturated rings. The second kappa shape index (κ2) is 5.63. The van der Waals surface area contributed by atoms with Crippen molar-refractivity contribution in [3.05, 3.63) is 45.9 Å². The van der Waals surface area contributed by atoms with Crippen molar-refractivity contribution < 1.29 is 14.6 Å². The first-order valence-electron chi connectivity index (χ1n) is 6.27. The summed E-state index contributed by atoms with van der Waals surface area (Å²) >= 11 is 1.27. The second-order valence-electron chi connectivity index (χ2n) is 5.51. The van der Waals surface area contributed by atoms with Gasteiger partial charge in [-0.15, -0.1) is 11.3 Å². The first-order chi connectivity index (χ1) is 9.38. The molecule has 5 heteroatoms. The predicted octanol–water partition coefficient (Wildman–Crippen LogP) is 3.72. The molecule has 2 aromatic heterocycles. The molecule has 0 atom stereocenters. The van der Waals surface area contributed by atoms with Crippen LogP contribution < -0.4 is 4.74 Å². The molecule has 0 saturated heterocycles. The van der Waals surface area contributed by atoms with Gasteiger partial charge in [0.2, 0.25) is 0 Å². The third-order valence-corrected chi connectivity index (χ3v) is 4.28. The van der Waals surface area contributed by atoms with Gasteiger partial charge in [-0.2, -0.15) is 0 Å². The van der Waals surface area contributed by atoms with Gasteiger partial charge in [-0.3, -0.25) is 4.98 Å². The Morgan fingerprint density at radius 1 is 1.45 bits per heavy atom. The standard InChI is InChI=1S/C15H17NO3S/c1-15(2,3)12-7-11(13(20-12)14(17)18)19-9-10-5-4-6-16-8-10/h4-8H,9H2,1-3H3,(H,17,18). The lowest BCUT2D eigenvalue weighted by Gasteiger charge is -2.14. The van der Waals surface area contributed by atoms with E-state index >= 15 is 0 Å². The Morgan fingerprint density at radius 3 is 2.75 bits per heavy atom. The van der Waals surface area contributed by atoms with Crippen molar-refractivity contribution in [2.24, 2.45) is 0 Å². The van der Waals surface area contributed by atoms with Gasteiger partial charge in [0.05, 0.1) is 0 Å². The maximum Gasteiger partial charge on any atom is 0.349 e. The number of aromatic nitrogens is 1. The van der Waals surface area contributed by atoms with Crippen LogP contribution in [0.25, 0.3) is 0 Å². The number of nitrogens with zero attached hydrogens (tertiary/aromatic N) is 1. The van der Waals surface area contributed by atoms with Crippen LogP contribution >= 0.6 is 11.3 Å². The highest BCUT2D eigenvalue weighted by Crippen LogP contribution is 2.37. The molecule has 106 valence electrons. The van der Waals surface area contributed by atoms with Crippen molar-refractivity contribution in [2.45, 2.75) is 32.8 Å². The second-order valence-corrected chi connectivity index (χ2v) is 6.56. The van der Waals surface area contributed by atoms with Crippen molar-refractivity contribution in [3.8, 4) is 5.75 Å². The number of hydrogen-bond donors (Lipinski definition) is 1. The first-order valence-corrected chi connectivity index (χ1v) is 7.09. The molecule has 1 N–H and O–H groups in total. The smallest absolute Gasteiger partial charge is 0.349 e. The molecule has 0 aliphatic heterocycles. The van der Waals surface area contributed by atoms with Crippen molar-refractivity contribution in [1.82, 2.24) is 4.98 Å². The van der Waals surface area contributed by atoms with Gasteiger partial charge in [0.15, 0.2) is 4.88 Å². The Morgan fingerprint density at radius 2 is 2.20 bits per heavy atom. The molecule has 0 aliphatic rings. The van der Waals surface area contributed by atoms with Gasteiger partial charge < -0.3 is 9.84 Å². The molecule has 4 nitrogen and oxygen atoms in total. The van der Waals surface area contributed by atoms with Crippen LogP contribution in [0.3, 0.4) is 0 Å². The lowest BCUT2D eigenvalue weighted by molar-refractivity contribution is 0.0697. The van der Waals surface area contributed by atoms with E-state index < -0.39 is 5.97 Å². The summed E-state index contributed by atoms with van der Waals surface area (Å²) in [4.78, 5) is 16.5. The largest absolute Gasteiger partial charge is 0.487 e. The molecule has 0 aliphatic carbocycles. The maximum atomic E-state index is 11.3. The molecule has 0 bridgehead atoms. The number of carboxylic acid groups (broad SMARTS) is 1. The van der Waals surface area contributed by atoms with Crippen LogP contribution in [0.15, 0.2) is 30.6 Å². The van der Waals surface area contributed by atoms with Gasteiger partial charge >= 0.3 is 5.97 Å². The van der Waals surface area contributed by atoms with E-state index in [1.165, 1.54) is 11.3 Å². The van der Waals surface area contributed by atoms with Crippen LogP contribution in [0.2, 0.25) is 0 Å². The highest BCUT2D eigenvalue weighted by Gasteiger charge is 2.23. The van der Waals surface area contributed by atoms with Gasteiger partial charge in [-0.25, -0.2) is 4.79 Å². The summed E-state index contributed by atoms with van der Waals surface area (Å²) < 4.78 is 5.65. The molecule has 0 aromatic carbocycles. The first kappa shape index (κ1) is 14.5. The molecule has 0 unspecified atom stereocenters. The summed E-state index contributed by atoms with van der Waals surface area (Å²) in [6, 6.07) is 5.54. The highest BCUT2D eigenvalue weighted by atomic mass is 32.1. The van der Waals surface area contributed by atoms with Crippen molar-refractivity contribution in [2.75, 3.05) is 0 Å². The highest BCUT2D eigenvalue weighted by molar-refractivity contribution is 7.14. The number of aromatic carboxylic acids is 1. The summed E-state index contributed by atoms with van der Waals surface area (Å²) in [5, 5.41) is 9.26. The molecule has 0 saturated carbocycles. The van der Waals surface area contributed by atoms with E-state index in [4.69, 9.17) is 4.74 Å². The molecular weight excluding hydrogens is 274 g/mol. The number of carbonyl (C=O) groups is 1. The zero-order valence-corrected chi connectivity index (χ0v) is 12.5. The van der Waals surface area contributed by atoms with Gasteiger partial charge in [0.1, 0.15) is 12.4 Å². The van der Waals surface area contributed by atoms with Gasteiger partial charge in [0.25, 0.3) is 0 Å². The van der Waals surface area contributed by atoms with Crippen LogP contribution in [0, 0.1) is 0 Å². The van der Waals surface area contributed by atoms with Crippen LogP contribution in [-0.2, 0) is 12.0 Å². The monoisotopic (exact) mass is 291 g/mol. The molecule has 0 amide bonds. The minimum Gasteiger partial charge on any atom is -0.487 e. The number of thiophene rings is 1. The maximum absolute atomic E-state index is 11.3. The minimum absolute atomic E-state index is 0.0925. The summed E-state index contributed by atoms with van der Waals surface area (Å²) in [5.74, 6) is -0.525. The quantitative estimate of drug-likeness (QED) is 0.932.